The van der Waals surface area contributed by atoms with Crippen LogP contribution < -0.4 is 5.32 Å². The van der Waals surface area contributed by atoms with Crippen LogP contribution in [0.4, 0.5) is 0 Å². The number of aliphatic hydroxyl groups excluding tert-OH is 1. The fourth-order valence-electron chi connectivity index (χ4n) is 2.11. The van der Waals surface area contributed by atoms with Gasteiger partial charge in [-0.1, -0.05) is 42.5 Å². The minimum atomic E-state index is -0.923. The van der Waals surface area contributed by atoms with Crippen LogP contribution >= 0.6 is 0 Å². The van der Waals surface area contributed by atoms with Crippen molar-refractivity contribution in [1.82, 2.24) is 5.32 Å². The zero-order valence-corrected chi connectivity index (χ0v) is 11.7. The van der Waals surface area contributed by atoms with Crippen molar-refractivity contribution in [2.45, 2.75) is 19.1 Å². The number of hydrogen-bond acceptors (Lipinski definition) is 3. The van der Waals surface area contributed by atoms with Crippen molar-refractivity contribution in [3.63, 3.8) is 0 Å². The fraction of sp³-hybridized carbons (Fsp3) is 0.235. The first-order valence-corrected chi connectivity index (χ1v) is 6.90. The third-order valence-electron chi connectivity index (χ3n) is 3.22. The predicted molar refractivity (Wildman–Crippen MR) is 81.3 cm³/mol. The number of aliphatic hydroxyl groups is 1. The van der Waals surface area contributed by atoms with E-state index in [1.54, 1.807) is 24.3 Å². The largest absolute Gasteiger partial charge is 0.478 e. The Bertz CT molecular complexity index is 566. The lowest BCUT2D eigenvalue weighted by molar-refractivity contribution is 0.0697. The summed E-state index contributed by atoms with van der Waals surface area (Å²) in [4.78, 5) is 10.7. The topological polar surface area (TPSA) is 69.6 Å². The summed E-state index contributed by atoms with van der Waals surface area (Å²) in [6.07, 6.45) is 0.178. The van der Waals surface area contributed by atoms with Crippen molar-refractivity contribution < 1.29 is 15.0 Å². The molecule has 0 fully saturated rings. The van der Waals surface area contributed by atoms with E-state index in [2.05, 4.69) is 5.32 Å². The van der Waals surface area contributed by atoms with Crippen molar-refractivity contribution in [3.8, 4) is 0 Å². The summed E-state index contributed by atoms with van der Waals surface area (Å²) in [5, 5.41) is 21.9. The Morgan fingerprint density at radius 1 is 1.00 bits per heavy atom. The Labute approximate surface area is 124 Å². The molecule has 1 unspecified atom stereocenters. The van der Waals surface area contributed by atoms with Crippen LogP contribution in [0.1, 0.15) is 21.5 Å². The smallest absolute Gasteiger partial charge is 0.335 e. The van der Waals surface area contributed by atoms with Crippen molar-refractivity contribution in [2.75, 3.05) is 6.54 Å². The monoisotopic (exact) mass is 285 g/mol. The molecule has 1 atom stereocenters. The average Bonchev–Trinajstić information content (AvgIpc) is 2.49. The molecule has 2 aromatic carbocycles. The van der Waals surface area contributed by atoms with Crippen LogP contribution in [0.15, 0.2) is 54.6 Å². The van der Waals surface area contributed by atoms with E-state index in [1.807, 2.05) is 30.3 Å². The second-order valence-corrected chi connectivity index (χ2v) is 4.98. The number of nitrogens with one attached hydrogen (secondary N) is 1. The Kier molecular flexibility index (Phi) is 5.49. The van der Waals surface area contributed by atoms with Crippen molar-refractivity contribution >= 4 is 5.97 Å². The van der Waals surface area contributed by atoms with E-state index in [4.69, 9.17) is 5.11 Å². The lowest BCUT2D eigenvalue weighted by Gasteiger charge is -2.12. The van der Waals surface area contributed by atoms with Gasteiger partial charge in [-0.3, -0.25) is 0 Å². The average molecular weight is 285 g/mol. The predicted octanol–water partition coefficient (Wildman–Crippen LogP) is 2.08. The third kappa shape index (κ3) is 5.02. The highest BCUT2D eigenvalue weighted by molar-refractivity contribution is 5.87. The molecule has 0 spiro atoms. The van der Waals surface area contributed by atoms with Crippen LogP contribution in [0.3, 0.4) is 0 Å². The van der Waals surface area contributed by atoms with E-state index in [1.165, 1.54) is 0 Å². The van der Waals surface area contributed by atoms with Crippen molar-refractivity contribution in [1.29, 1.82) is 0 Å². The number of aromatic carboxylic acids is 1. The SMILES string of the molecule is O=C(O)c1ccc(CNCC(O)Cc2ccccc2)cc1. The second kappa shape index (κ2) is 7.57. The van der Waals surface area contributed by atoms with Gasteiger partial charge in [0.1, 0.15) is 0 Å². The molecule has 3 N–H and O–H groups in total. The fourth-order valence-corrected chi connectivity index (χ4v) is 2.11. The van der Waals surface area contributed by atoms with Crippen molar-refractivity contribution in [3.05, 3.63) is 71.3 Å². The minimum Gasteiger partial charge on any atom is -0.478 e. The summed E-state index contributed by atoms with van der Waals surface area (Å²) in [5.41, 5.74) is 2.38. The third-order valence-corrected chi connectivity index (χ3v) is 3.22. The Morgan fingerprint density at radius 3 is 2.29 bits per heavy atom. The van der Waals surface area contributed by atoms with Crippen molar-refractivity contribution in [2.24, 2.45) is 0 Å². The zero-order chi connectivity index (χ0) is 15.1. The molecule has 110 valence electrons. The van der Waals surface area contributed by atoms with Gasteiger partial charge in [0, 0.05) is 13.1 Å². The molecular formula is C17H19NO3. The molecule has 0 heterocycles. The molecule has 21 heavy (non-hydrogen) atoms. The van der Waals surface area contributed by atoms with Crippen LogP contribution in [0, 0.1) is 0 Å². The number of carboxylic acids is 1. The van der Waals surface area contributed by atoms with E-state index >= 15 is 0 Å². The van der Waals surface area contributed by atoms with E-state index < -0.39 is 12.1 Å². The molecule has 0 aromatic heterocycles. The summed E-state index contributed by atoms with van der Waals surface area (Å²) in [6, 6.07) is 16.6. The maximum absolute atomic E-state index is 10.7. The molecule has 2 aromatic rings. The number of carbonyl (C=O) groups is 1. The highest BCUT2D eigenvalue weighted by Gasteiger charge is 2.05. The van der Waals surface area contributed by atoms with Gasteiger partial charge in [-0.25, -0.2) is 4.79 Å². The summed E-state index contributed by atoms with van der Waals surface area (Å²) in [7, 11) is 0. The first kappa shape index (κ1) is 15.2. The molecule has 4 nitrogen and oxygen atoms in total. The molecular weight excluding hydrogens is 266 g/mol. The molecule has 4 heteroatoms. The molecule has 0 aliphatic rings. The summed E-state index contributed by atoms with van der Waals surface area (Å²) >= 11 is 0. The molecule has 0 bridgehead atoms. The minimum absolute atomic E-state index is 0.280. The van der Waals surface area contributed by atoms with Gasteiger partial charge in [0.2, 0.25) is 0 Å². The molecule has 0 saturated carbocycles. The standard InChI is InChI=1S/C17H19NO3/c19-16(10-13-4-2-1-3-5-13)12-18-11-14-6-8-15(9-7-14)17(20)21/h1-9,16,18-19H,10-12H2,(H,20,21). The van der Waals surface area contributed by atoms with Crippen LogP contribution in [0.25, 0.3) is 0 Å². The Balaban J connectivity index is 1.74. The number of hydrogen-bond donors (Lipinski definition) is 3. The highest BCUT2D eigenvalue weighted by Crippen LogP contribution is 2.05. The normalized spacial score (nSPS) is 12.0. The van der Waals surface area contributed by atoms with E-state index in [0.29, 0.717) is 19.5 Å². The van der Waals surface area contributed by atoms with Crippen LogP contribution in [-0.4, -0.2) is 28.8 Å². The lowest BCUT2D eigenvalue weighted by Crippen LogP contribution is -2.28. The van der Waals surface area contributed by atoms with Crippen LogP contribution in [0.5, 0.6) is 0 Å². The van der Waals surface area contributed by atoms with Gasteiger partial charge < -0.3 is 15.5 Å². The Hall–Kier alpha value is -2.17. The number of benzene rings is 2. The first-order valence-electron chi connectivity index (χ1n) is 6.90. The lowest BCUT2D eigenvalue weighted by atomic mass is 10.1. The summed E-state index contributed by atoms with van der Waals surface area (Å²) in [5.74, 6) is -0.923. The molecule has 0 aliphatic heterocycles. The summed E-state index contributed by atoms with van der Waals surface area (Å²) < 4.78 is 0. The van der Waals surface area contributed by atoms with E-state index in [-0.39, 0.29) is 5.56 Å². The molecule has 0 saturated heterocycles. The highest BCUT2D eigenvalue weighted by atomic mass is 16.4. The van der Waals surface area contributed by atoms with E-state index in [0.717, 1.165) is 11.1 Å². The summed E-state index contributed by atoms with van der Waals surface area (Å²) in [6.45, 7) is 1.10. The van der Waals surface area contributed by atoms with Gasteiger partial charge in [0.05, 0.1) is 11.7 Å². The Morgan fingerprint density at radius 2 is 1.67 bits per heavy atom. The number of rotatable bonds is 7. The van der Waals surface area contributed by atoms with Crippen LogP contribution in [0.2, 0.25) is 0 Å². The van der Waals surface area contributed by atoms with Crippen LogP contribution in [-0.2, 0) is 13.0 Å². The quantitative estimate of drug-likeness (QED) is 0.728. The first-order chi connectivity index (χ1) is 10.1. The molecule has 0 aliphatic carbocycles. The van der Waals surface area contributed by atoms with E-state index in [9.17, 15) is 9.90 Å². The maximum Gasteiger partial charge on any atom is 0.335 e. The van der Waals surface area contributed by atoms with Gasteiger partial charge >= 0.3 is 5.97 Å². The van der Waals surface area contributed by atoms with Gasteiger partial charge in [0.15, 0.2) is 0 Å². The van der Waals surface area contributed by atoms with Gasteiger partial charge in [-0.15, -0.1) is 0 Å². The van der Waals surface area contributed by atoms with Gasteiger partial charge in [-0.05, 0) is 29.7 Å². The second-order valence-electron chi connectivity index (χ2n) is 4.98. The molecule has 2 rings (SSSR count). The van der Waals surface area contributed by atoms with Gasteiger partial charge in [-0.2, -0.15) is 0 Å². The molecule has 0 amide bonds. The zero-order valence-electron chi connectivity index (χ0n) is 11.7. The maximum atomic E-state index is 10.7. The number of carboxylic acid groups (broad SMARTS) is 1. The molecule has 0 radical (unpaired) electrons. The van der Waals surface area contributed by atoms with Gasteiger partial charge in [0.25, 0.3) is 0 Å².